The lowest BCUT2D eigenvalue weighted by atomic mass is 10.1. The van der Waals surface area contributed by atoms with E-state index >= 15 is 0 Å². The molecule has 1 amide bonds. The summed E-state index contributed by atoms with van der Waals surface area (Å²) in [5, 5.41) is 4.31. The minimum Gasteiger partial charge on any atom is -0.496 e. The summed E-state index contributed by atoms with van der Waals surface area (Å²) in [5.74, 6) is 0.678. The van der Waals surface area contributed by atoms with E-state index in [4.69, 9.17) is 4.74 Å². The molecule has 1 heterocycles. The summed E-state index contributed by atoms with van der Waals surface area (Å²) in [6, 6.07) is 15.3. The molecule has 0 saturated heterocycles. The van der Waals surface area contributed by atoms with Gasteiger partial charge >= 0.3 is 0 Å². The van der Waals surface area contributed by atoms with Gasteiger partial charge in [-0.15, -0.1) is 0 Å². The lowest BCUT2D eigenvalue weighted by molar-refractivity contribution is 0.0741. The number of halogens is 1. The Kier molecular flexibility index (Phi) is 5.42. The largest absolute Gasteiger partial charge is 0.496 e. The summed E-state index contributed by atoms with van der Waals surface area (Å²) in [4.78, 5) is 14.6. The number of para-hydroxylation sites is 1. The zero-order valence-corrected chi connectivity index (χ0v) is 16.5. The molecule has 3 rings (SSSR count). The zero-order chi connectivity index (χ0) is 18.7. The van der Waals surface area contributed by atoms with Crippen LogP contribution in [0.1, 0.15) is 28.9 Å². The van der Waals surface area contributed by atoms with Crippen LogP contribution in [0.2, 0.25) is 0 Å². The minimum absolute atomic E-state index is 0.0910. The number of methoxy groups -OCH3 is 1. The van der Waals surface area contributed by atoms with Crippen LogP contribution < -0.4 is 4.74 Å². The van der Waals surface area contributed by atoms with E-state index in [9.17, 15) is 4.79 Å². The molecule has 0 N–H and O–H groups in total. The van der Waals surface area contributed by atoms with Gasteiger partial charge in [0, 0.05) is 23.3 Å². The molecule has 3 aromatic rings. The van der Waals surface area contributed by atoms with Gasteiger partial charge < -0.3 is 9.64 Å². The Hall–Kier alpha value is -2.60. The molecule has 1 unspecified atom stereocenters. The second-order valence-electron chi connectivity index (χ2n) is 5.98. The van der Waals surface area contributed by atoms with E-state index in [1.165, 1.54) is 0 Å². The topological polar surface area (TPSA) is 47.4 Å². The third-order valence-corrected chi connectivity index (χ3v) is 4.94. The van der Waals surface area contributed by atoms with Gasteiger partial charge in [-0.3, -0.25) is 4.79 Å². The molecule has 0 radical (unpaired) electrons. The Morgan fingerprint density at radius 2 is 1.88 bits per heavy atom. The van der Waals surface area contributed by atoms with Gasteiger partial charge in [0.05, 0.1) is 30.6 Å². The zero-order valence-electron chi connectivity index (χ0n) is 14.9. The summed E-state index contributed by atoms with van der Waals surface area (Å²) in [6.07, 6.45) is 3.34. The van der Waals surface area contributed by atoms with Crippen LogP contribution in [0.4, 0.5) is 0 Å². The maximum atomic E-state index is 12.9. The molecule has 2 aromatic carbocycles. The van der Waals surface area contributed by atoms with Gasteiger partial charge in [0.15, 0.2) is 0 Å². The quantitative estimate of drug-likeness (QED) is 0.619. The van der Waals surface area contributed by atoms with Crippen molar-refractivity contribution < 1.29 is 9.53 Å². The van der Waals surface area contributed by atoms with Crippen molar-refractivity contribution in [1.29, 1.82) is 0 Å². The van der Waals surface area contributed by atoms with Gasteiger partial charge in [-0.1, -0.05) is 34.1 Å². The number of carbonyl (C=O) groups excluding carboxylic acids is 1. The fourth-order valence-electron chi connectivity index (χ4n) is 2.77. The van der Waals surface area contributed by atoms with Crippen LogP contribution in [-0.2, 0) is 0 Å². The molecule has 0 bridgehead atoms. The minimum atomic E-state index is -0.130. The fraction of sp³-hybridized carbons (Fsp3) is 0.200. The molecule has 5 nitrogen and oxygen atoms in total. The predicted octanol–water partition coefficient (Wildman–Crippen LogP) is 4.48. The fourth-order valence-corrected chi connectivity index (χ4v) is 3.03. The van der Waals surface area contributed by atoms with Crippen LogP contribution >= 0.6 is 15.9 Å². The number of benzene rings is 2. The molecule has 1 atom stereocenters. The second-order valence-corrected chi connectivity index (χ2v) is 6.90. The Morgan fingerprint density at radius 1 is 1.19 bits per heavy atom. The van der Waals surface area contributed by atoms with Crippen LogP contribution in [0.3, 0.4) is 0 Å². The number of aromatic nitrogens is 2. The van der Waals surface area contributed by atoms with E-state index in [1.54, 1.807) is 36.1 Å². The summed E-state index contributed by atoms with van der Waals surface area (Å²) in [7, 11) is 3.42. The highest BCUT2D eigenvalue weighted by Gasteiger charge is 2.22. The molecule has 26 heavy (non-hydrogen) atoms. The molecule has 0 spiro atoms. The first kappa shape index (κ1) is 18.2. The van der Waals surface area contributed by atoms with E-state index in [0.29, 0.717) is 5.56 Å². The van der Waals surface area contributed by atoms with Crippen LogP contribution in [-0.4, -0.2) is 34.7 Å². The van der Waals surface area contributed by atoms with Crippen molar-refractivity contribution in [3.05, 3.63) is 76.5 Å². The number of ether oxygens (including phenoxy) is 1. The number of nitrogens with zero attached hydrogens (tertiary/aromatic N) is 3. The van der Waals surface area contributed by atoms with Crippen LogP contribution in [0.5, 0.6) is 5.75 Å². The molecular formula is C20H20BrN3O2. The highest BCUT2D eigenvalue weighted by atomic mass is 79.9. The first-order valence-corrected chi connectivity index (χ1v) is 9.01. The molecule has 0 aliphatic rings. The lowest BCUT2D eigenvalue weighted by Crippen LogP contribution is -2.29. The average molecular weight is 414 g/mol. The van der Waals surface area contributed by atoms with Crippen LogP contribution in [0.15, 0.2) is 65.4 Å². The van der Waals surface area contributed by atoms with Crippen LogP contribution in [0, 0.1) is 0 Å². The Morgan fingerprint density at radius 3 is 2.58 bits per heavy atom. The van der Waals surface area contributed by atoms with Crippen molar-refractivity contribution in [3.63, 3.8) is 0 Å². The maximum absolute atomic E-state index is 12.9. The van der Waals surface area contributed by atoms with E-state index < -0.39 is 0 Å². The first-order chi connectivity index (χ1) is 12.5. The lowest BCUT2D eigenvalue weighted by Gasteiger charge is -2.26. The van der Waals surface area contributed by atoms with Crippen molar-refractivity contribution in [2.75, 3.05) is 14.2 Å². The van der Waals surface area contributed by atoms with Gasteiger partial charge in [-0.2, -0.15) is 5.10 Å². The summed E-state index contributed by atoms with van der Waals surface area (Å²) in [5.41, 5.74) is 2.40. The van der Waals surface area contributed by atoms with Crippen molar-refractivity contribution >= 4 is 21.8 Å². The van der Waals surface area contributed by atoms with Crippen LogP contribution in [0.25, 0.3) is 5.69 Å². The van der Waals surface area contributed by atoms with Crippen molar-refractivity contribution in [2.24, 2.45) is 0 Å². The van der Waals surface area contributed by atoms with E-state index in [1.807, 2.05) is 55.5 Å². The van der Waals surface area contributed by atoms with E-state index in [2.05, 4.69) is 21.0 Å². The Bertz CT molecular complexity index is 905. The van der Waals surface area contributed by atoms with Gasteiger partial charge in [-0.05, 0) is 37.3 Å². The molecule has 6 heteroatoms. The summed E-state index contributed by atoms with van der Waals surface area (Å²) >= 11 is 3.41. The third-order valence-electron chi connectivity index (χ3n) is 4.41. The van der Waals surface area contributed by atoms with Gasteiger partial charge in [0.1, 0.15) is 5.75 Å². The average Bonchev–Trinajstić information content (AvgIpc) is 3.17. The molecule has 134 valence electrons. The monoisotopic (exact) mass is 413 g/mol. The summed E-state index contributed by atoms with van der Waals surface area (Å²) in [6.45, 7) is 1.98. The Balaban J connectivity index is 1.81. The molecular weight excluding hydrogens is 394 g/mol. The van der Waals surface area contributed by atoms with Crippen molar-refractivity contribution in [3.8, 4) is 11.4 Å². The number of hydrogen-bond acceptors (Lipinski definition) is 3. The predicted molar refractivity (Wildman–Crippen MR) is 105 cm³/mol. The van der Waals surface area contributed by atoms with Gasteiger partial charge in [0.25, 0.3) is 5.91 Å². The maximum Gasteiger partial charge on any atom is 0.257 e. The number of amides is 1. The number of rotatable bonds is 5. The SMILES string of the molecule is COc1ccccc1C(C)N(C)C(=O)c1cnn(-c2ccc(Br)cc2)c1. The smallest absolute Gasteiger partial charge is 0.257 e. The summed E-state index contributed by atoms with van der Waals surface area (Å²) < 4.78 is 8.11. The third kappa shape index (κ3) is 3.65. The standard InChI is InChI=1S/C20H20BrN3O2/c1-14(18-6-4-5-7-19(18)26-3)23(2)20(25)15-12-22-24(13-15)17-10-8-16(21)9-11-17/h4-14H,1-3H3. The normalized spacial score (nSPS) is 11.8. The number of hydrogen-bond donors (Lipinski definition) is 0. The first-order valence-electron chi connectivity index (χ1n) is 8.22. The van der Waals surface area contributed by atoms with E-state index in [0.717, 1.165) is 21.5 Å². The van der Waals surface area contributed by atoms with Gasteiger partial charge in [-0.25, -0.2) is 4.68 Å². The molecule has 0 aliphatic carbocycles. The Labute approximate surface area is 161 Å². The van der Waals surface area contributed by atoms with Gasteiger partial charge in [0.2, 0.25) is 0 Å². The molecule has 0 fully saturated rings. The highest BCUT2D eigenvalue weighted by Crippen LogP contribution is 2.29. The second kappa shape index (κ2) is 7.74. The van der Waals surface area contributed by atoms with E-state index in [-0.39, 0.29) is 11.9 Å². The highest BCUT2D eigenvalue weighted by molar-refractivity contribution is 9.10. The molecule has 0 aliphatic heterocycles. The molecule has 0 saturated carbocycles. The number of carbonyl (C=O) groups is 1. The van der Waals surface area contributed by atoms with Crippen molar-refractivity contribution in [1.82, 2.24) is 14.7 Å². The molecule has 1 aromatic heterocycles. The van der Waals surface area contributed by atoms with Crippen molar-refractivity contribution in [2.45, 2.75) is 13.0 Å².